The Labute approximate surface area is 153 Å². The second-order valence-electron chi connectivity index (χ2n) is 5.87. The van der Waals surface area contributed by atoms with Gasteiger partial charge in [0.15, 0.2) is 11.5 Å². The van der Waals surface area contributed by atoms with E-state index in [9.17, 15) is 4.79 Å². The number of hydrogen-bond donors (Lipinski definition) is 0. The average molecular weight is 354 g/mol. The first-order valence-corrected chi connectivity index (χ1v) is 8.65. The minimum atomic E-state index is -0.412. The number of hydrogen-bond acceptors (Lipinski definition) is 5. The zero-order valence-corrected chi connectivity index (χ0v) is 14.8. The van der Waals surface area contributed by atoms with Crippen LogP contribution in [0.15, 0.2) is 48.5 Å². The lowest BCUT2D eigenvalue weighted by Crippen LogP contribution is -2.10. The van der Waals surface area contributed by atoms with Gasteiger partial charge in [-0.25, -0.2) is 4.79 Å². The third-order valence-electron chi connectivity index (χ3n) is 3.86. The highest BCUT2D eigenvalue weighted by Gasteiger charge is 2.10. The minimum absolute atomic E-state index is 0.193. The number of carbonyl (C=O) groups is 1. The zero-order chi connectivity index (χ0) is 18.2. The largest absolute Gasteiger partial charge is 0.490 e. The minimum Gasteiger partial charge on any atom is -0.490 e. The van der Waals surface area contributed by atoms with Gasteiger partial charge in [0.05, 0.1) is 13.2 Å². The Morgan fingerprint density at radius 1 is 1.08 bits per heavy atom. The Bertz CT molecular complexity index is 782. The Balaban J connectivity index is 1.46. The van der Waals surface area contributed by atoms with Crippen LogP contribution in [-0.2, 0) is 9.53 Å². The Kier molecular flexibility index (Phi) is 6.14. The normalized spacial score (nSPS) is 13.3. The molecule has 136 valence electrons. The second-order valence-corrected chi connectivity index (χ2v) is 5.87. The van der Waals surface area contributed by atoms with Crippen LogP contribution in [0.4, 0.5) is 0 Å². The highest BCUT2D eigenvalue weighted by atomic mass is 16.6. The molecule has 2 aromatic rings. The molecule has 1 aliphatic heterocycles. The fourth-order valence-electron chi connectivity index (χ4n) is 2.51. The van der Waals surface area contributed by atoms with Crippen molar-refractivity contribution in [3.63, 3.8) is 0 Å². The maximum absolute atomic E-state index is 11.8. The molecule has 0 unspecified atom stereocenters. The molecule has 0 atom stereocenters. The van der Waals surface area contributed by atoms with Gasteiger partial charge in [-0.15, -0.1) is 0 Å². The van der Waals surface area contributed by atoms with Gasteiger partial charge in [-0.3, -0.25) is 0 Å². The van der Waals surface area contributed by atoms with E-state index in [1.807, 2.05) is 49.4 Å². The number of ether oxygens (including phenoxy) is 4. The summed E-state index contributed by atoms with van der Waals surface area (Å²) in [4.78, 5) is 11.8. The van der Waals surface area contributed by atoms with E-state index in [4.69, 9.17) is 18.9 Å². The molecule has 0 aliphatic carbocycles. The van der Waals surface area contributed by atoms with E-state index < -0.39 is 5.97 Å². The van der Waals surface area contributed by atoms with Crippen LogP contribution in [0.1, 0.15) is 17.5 Å². The van der Waals surface area contributed by atoms with Gasteiger partial charge in [-0.2, -0.15) is 0 Å². The van der Waals surface area contributed by atoms with E-state index in [0.29, 0.717) is 25.6 Å². The van der Waals surface area contributed by atoms with Crippen LogP contribution in [0.2, 0.25) is 0 Å². The Morgan fingerprint density at radius 2 is 1.88 bits per heavy atom. The molecule has 0 bridgehead atoms. The van der Waals surface area contributed by atoms with Crippen LogP contribution in [-0.4, -0.2) is 32.4 Å². The molecular weight excluding hydrogens is 332 g/mol. The van der Waals surface area contributed by atoms with Gasteiger partial charge in [0, 0.05) is 12.5 Å². The van der Waals surface area contributed by atoms with E-state index in [1.54, 1.807) is 6.08 Å². The molecule has 5 heteroatoms. The summed E-state index contributed by atoms with van der Waals surface area (Å²) in [7, 11) is 0. The van der Waals surface area contributed by atoms with Gasteiger partial charge < -0.3 is 18.9 Å². The highest BCUT2D eigenvalue weighted by molar-refractivity contribution is 5.87. The fraction of sp³-hybridized carbons (Fsp3) is 0.286. The number of benzene rings is 2. The van der Waals surface area contributed by atoms with E-state index >= 15 is 0 Å². The number of carbonyl (C=O) groups excluding carboxylic acids is 1. The zero-order valence-electron chi connectivity index (χ0n) is 14.8. The molecule has 5 nitrogen and oxygen atoms in total. The van der Waals surface area contributed by atoms with Gasteiger partial charge in [0.1, 0.15) is 19.0 Å². The highest BCUT2D eigenvalue weighted by Crippen LogP contribution is 2.30. The van der Waals surface area contributed by atoms with Crippen molar-refractivity contribution in [3.8, 4) is 17.2 Å². The van der Waals surface area contributed by atoms with E-state index in [1.165, 1.54) is 6.08 Å². The van der Waals surface area contributed by atoms with Gasteiger partial charge in [0.2, 0.25) is 0 Å². The molecule has 0 fully saturated rings. The number of esters is 1. The lowest BCUT2D eigenvalue weighted by Gasteiger charge is -2.08. The van der Waals surface area contributed by atoms with Crippen molar-refractivity contribution < 1.29 is 23.7 Å². The van der Waals surface area contributed by atoms with E-state index in [-0.39, 0.29) is 6.61 Å². The molecule has 3 rings (SSSR count). The van der Waals surface area contributed by atoms with Gasteiger partial charge in [0.25, 0.3) is 0 Å². The van der Waals surface area contributed by atoms with Crippen LogP contribution in [0, 0.1) is 6.92 Å². The number of para-hydroxylation sites is 1. The molecule has 0 saturated carbocycles. The molecule has 1 heterocycles. The molecule has 0 aromatic heterocycles. The number of fused-ring (bicyclic) bond motifs is 1. The molecule has 0 amide bonds. The second kappa shape index (κ2) is 8.94. The monoisotopic (exact) mass is 354 g/mol. The molecule has 0 spiro atoms. The average Bonchev–Trinajstić information content (AvgIpc) is 2.90. The van der Waals surface area contributed by atoms with E-state index in [2.05, 4.69) is 0 Å². The first kappa shape index (κ1) is 17.9. The Hall–Kier alpha value is -2.95. The lowest BCUT2D eigenvalue weighted by molar-refractivity contribution is -0.138. The molecule has 0 saturated heterocycles. The van der Waals surface area contributed by atoms with Crippen LogP contribution in [0.5, 0.6) is 17.2 Å². The third-order valence-corrected chi connectivity index (χ3v) is 3.86. The third kappa shape index (κ3) is 5.02. The van der Waals surface area contributed by atoms with Crippen molar-refractivity contribution in [3.05, 3.63) is 59.7 Å². The molecular formula is C21H22O5. The van der Waals surface area contributed by atoms with Crippen molar-refractivity contribution in [2.24, 2.45) is 0 Å². The predicted octanol–water partition coefficient (Wildman–Crippen LogP) is 3.79. The summed E-state index contributed by atoms with van der Waals surface area (Å²) in [6.45, 7) is 3.76. The van der Waals surface area contributed by atoms with Crippen molar-refractivity contribution in [1.82, 2.24) is 0 Å². The SMILES string of the molecule is Cc1ccccc1OCCOC(=O)/C=C/c1ccc2c(c1)OCCCO2. The number of aryl methyl sites for hydroxylation is 1. The lowest BCUT2D eigenvalue weighted by atomic mass is 10.2. The molecule has 2 aromatic carbocycles. The maximum Gasteiger partial charge on any atom is 0.330 e. The van der Waals surface area contributed by atoms with Crippen molar-refractivity contribution in [1.29, 1.82) is 0 Å². The predicted molar refractivity (Wildman–Crippen MR) is 98.7 cm³/mol. The number of rotatable bonds is 6. The van der Waals surface area contributed by atoms with Crippen LogP contribution in [0.25, 0.3) is 6.08 Å². The van der Waals surface area contributed by atoms with Crippen molar-refractivity contribution in [2.75, 3.05) is 26.4 Å². The molecule has 1 aliphatic rings. The molecule has 0 radical (unpaired) electrons. The van der Waals surface area contributed by atoms with Gasteiger partial charge >= 0.3 is 5.97 Å². The van der Waals surface area contributed by atoms with Gasteiger partial charge in [-0.1, -0.05) is 24.3 Å². The quantitative estimate of drug-likeness (QED) is 0.449. The van der Waals surface area contributed by atoms with Gasteiger partial charge in [-0.05, 0) is 42.3 Å². The van der Waals surface area contributed by atoms with E-state index in [0.717, 1.165) is 29.0 Å². The summed E-state index contributed by atoms with van der Waals surface area (Å²) >= 11 is 0. The van der Waals surface area contributed by atoms with Crippen molar-refractivity contribution in [2.45, 2.75) is 13.3 Å². The smallest absolute Gasteiger partial charge is 0.330 e. The summed E-state index contributed by atoms with van der Waals surface area (Å²) in [5.41, 5.74) is 1.90. The summed E-state index contributed by atoms with van der Waals surface area (Å²) in [6.07, 6.45) is 3.95. The van der Waals surface area contributed by atoms with Crippen molar-refractivity contribution >= 4 is 12.0 Å². The molecule has 26 heavy (non-hydrogen) atoms. The first-order valence-electron chi connectivity index (χ1n) is 8.65. The summed E-state index contributed by atoms with van der Waals surface area (Å²) < 4.78 is 22.0. The topological polar surface area (TPSA) is 54.0 Å². The van der Waals surface area contributed by atoms with Crippen LogP contribution >= 0.6 is 0 Å². The van der Waals surface area contributed by atoms with Crippen LogP contribution in [0.3, 0.4) is 0 Å². The summed E-state index contributed by atoms with van der Waals surface area (Å²) in [5, 5.41) is 0. The summed E-state index contributed by atoms with van der Waals surface area (Å²) in [5.74, 6) is 1.82. The Morgan fingerprint density at radius 3 is 2.73 bits per heavy atom. The standard InChI is InChI=1S/C21H22O5/c1-16-5-2-3-6-18(16)25-13-14-26-21(22)10-8-17-7-9-19-20(15-17)24-12-4-11-23-19/h2-3,5-10,15H,4,11-14H2,1H3/b10-8+. The molecule has 0 N–H and O–H groups in total. The fourth-order valence-corrected chi connectivity index (χ4v) is 2.51. The maximum atomic E-state index is 11.8. The first-order chi connectivity index (χ1) is 12.7. The summed E-state index contributed by atoms with van der Waals surface area (Å²) in [6, 6.07) is 13.3. The van der Waals surface area contributed by atoms with Crippen LogP contribution < -0.4 is 14.2 Å².